The molecule has 2 aliphatic rings. The standard InChI is InChI=1S/C30H40N2O5/c1-21-9-3-6-16-27(21)31-30(35)32(24-12-4-5-13-24)17-18-36-25-14-8-15-26(19-25)37-20-23-11-7-10-22(2)28(23)29(33)34/h3,6-7,9-11,16,24-26H,4-5,8,12-15,17-20H2,1-2H3,(H,31,35)(H,33,34). The molecule has 2 unspecified atom stereocenters. The van der Waals surface area contributed by atoms with Crippen molar-refractivity contribution in [2.45, 2.75) is 90.1 Å². The van der Waals surface area contributed by atoms with Crippen molar-refractivity contribution in [3.8, 4) is 0 Å². The molecule has 2 amide bonds. The van der Waals surface area contributed by atoms with E-state index in [1.807, 2.05) is 61.2 Å². The molecule has 2 fully saturated rings. The zero-order chi connectivity index (χ0) is 26.2. The summed E-state index contributed by atoms with van der Waals surface area (Å²) in [7, 11) is 0. The fourth-order valence-electron chi connectivity index (χ4n) is 5.65. The van der Waals surface area contributed by atoms with E-state index in [2.05, 4.69) is 5.32 Å². The number of carboxylic acids is 1. The molecule has 2 aromatic rings. The monoisotopic (exact) mass is 508 g/mol. The van der Waals surface area contributed by atoms with Crippen LogP contribution in [0.1, 0.15) is 78.4 Å². The molecule has 200 valence electrons. The molecular weight excluding hydrogens is 468 g/mol. The Balaban J connectivity index is 1.28. The van der Waals surface area contributed by atoms with Crippen LogP contribution in [0.5, 0.6) is 0 Å². The van der Waals surface area contributed by atoms with Gasteiger partial charge in [0.25, 0.3) is 0 Å². The van der Waals surface area contributed by atoms with Crippen molar-refractivity contribution in [2.75, 3.05) is 18.5 Å². The quantitative estimate of drug-likeness (QED) is 0.392. The molecule has 2 aromatic carbocycles. The third-order valence-corrected chi connectivity index (χ3v) is 7.72. The van der Waals surface area contributed by atoms with Gasteiger partial charge in [-0.25, -0.2) is 9.59 Å². The molecule has 7 nitrogen and oxygen atoms in total. The van der Waals surface area contributed by atoms with Gasteiger partial charge >= 0.3 is 12.0 Å². The fourth-order valence-corrected chi connectivity index (χ4v) is 5.65. The zero-order valence-corrected chi connectivity index (χ0v) is 22.1. The predicted octanol–water partition coefficient (Wildman–Crippen LogP) is 6.32. The molecular formula is C30H40N2O5. The molecule has 2 aliphatic carbocycles. The summed E-state index contributed by atoms with van der Waals surface area (Å²) < 4.78 is 12.4. The number of aryl methyl sites for hydroxylation is 2. The van der Waals surface area contributed by atoms with Crippen LogP contribution in [-0.4, -0.2) is 53.4 Å². The number of anilines is 1. The van der Waals surface area contributed by atoms with Crippen molar-refractivity contribution in [1.82, 2.24) is 4.90 Å². The van der Waals surface area contributed by atoms with Gasteiger partial charge in [0.15, 0.2) is 0 Å². The number of nitrogens with zero attached hydrogens (tertiary/aromatic N) is 1. The molecule has 0 bridgehead atoms. The van der Waals surface area contributed by atoms with Crippen LogP contribution < -0.4 is 5.32 Å². The molecule has 7 heteroatoms. The molecule has 0 heterocycles. The Morgan fingerprint density at radius 3 is 2.35 bits per heavy atom. The van der Waals surface area contributed by atoms with Gasteiger partial charge in [0.2, 0.25) is 0 Å². The van der Waals surface area contributed by atoms with E-state index in [0.717, 1.165) is 68.2 Å². The second-order valence-electron chi connectivity index (χ2n) is 10.4. The predicted molar refractivity (Wildman–Crippen MR) is 144 cm³/mol. The van der Waals surface area contributed by atoms with E-state index in [0.29, 0.717) is 24.3 Å². The lowest BCUT2D eigenvalue weighted by Crippen LogP contribution is -2.44. The average Bonchev–Trinajstić information content (AvgIpc) is 3.41. The number of carboxylic acid groups (broad SMARTS) is 1. The summed E-state index contributed by atoms with van der Waals surface area (Å²) in [6, 6.07) is 13.6. The number of nitrogens with one attached hydrogen (secondary N) is 1. The number of ether oxygens (including phenoxy) is 2. The van der Waals surface area contributed by atoms with E-state index in [4.69, 9.17) is 9.47 Å². The fraction of sp³-hybridized carbons (Fsp3) is 0.533. The normalized spacial score (nSPS) is 20.1. The average molecular weight is 509 g/mol. The van der Waals surface area contributed by atoms with Gasteiger partial charge in [-0.05, 0) is 75.1 Å². The lowest BCUT2D eigenvalue weighted by molar-refractivity contribution is -0.0531. The molecule has 0 radical (unpaired) electrons. The summed E-state index contributed by atoms with van der Waals surface area (Å²) in [5, 5.41) is 12.7. The van der Waals surface area contributed by atoms with Crippen molar-refractivity contribution in [3.05, 3.63) is 64.7 Å². The minimum Gasteiger partial charge on any atom is -0.478 e. The van der Waals surface area contributed by atoms with Crippen molar-refractivity contribution in [2.24, 2.45) is 0 Å². The van der Waals surface area contributed by atoms with E-state index < -0.39 is 5.97 Å². The second-order valence-corrected chi connectivity index (χ2v) is 10.4. The third-order valence-electron chi connectivity index (χ3n) is 7.72. The largest absolute Gasteiger partial charge is 0.478 e. The SMILES string of the molecule is Cc1ccccc1NC(=O)N(CCOC1CCCC(OCc2cccc(C)c2C(=O)O)C1)C1CCCC1. The summed E-state index contributed by atoms with van der Waals surface area (Å²) in [6.07, 6.45) is 8.23. The lowest BCUT2D eigenvalue weighted by atomic mass is 9.94. The van der Waals surface area contributed by atoms with Crippen molar-refractivity contribution in [1.29, 1.82) is 0 Å². The zero-order valence-electron chi connectivity index (χ0n) is 22.1. The Hall–Kier alpha value is -2.90. The number of carbonyl (C=O) groups excluding carboxylic acids is 1. The summed E-state index contributed by atoms with van der Waals surface area (Å²) >= 11 is 0. The maximum atomic E-state index is 13.2. The molecule has 0 aromatic heterocycles. The minimum absolute atomic E-state index is 0.0381. The number of aromatic carboxylic acids is 1. The van der Waals surface area contributed by atoms with E-state index >= 15 is 0 Å². The van der Waals surface area contributed by atoms with Gasteiger partial charge in [-0.1, -0.05) is 49.2 Å². The number of benzene rings is 2. The number of hydrogen-bond donors (Lipinski definition) is 2. The van der Waals surface area contributed by atoms with Crippen molar-refractivity contribution >= 4 is 17.7 Å². The van der Waals surface area contributed by atoms with Gasteiger partial charge in [-0.3, -0.25) is 0 Å². The van der Waals surface area contributed by atoms with Crippen molar-refractivity contribution < 1.29 is 24.2 Å². The first-order valence-electron chi connectivity index (χ1n) is 13.6. The molecule has 37 heavy (non-hydrogen) atoms. The van der Waals surface area contributed by atoms with E-state index in [-0.39, 0.29) is 30.9 Å². The smallest absolute Gasteiger partial charge is 0.336 e. The van der Waals surface area contributed by atoms with Crippen LogP contribution in [0.4, 0.5) is 10.5 Å². The van der Waals surface area contributed by atoms with Crippen LogP contribution in [-0.2, 0) is 16.1 Å². The van der Waals surface area contributed by atoms with Gasteiger partial charge in [0.05, 0.1) is 31.0 Å². The molecule has 2 saturated carbocycles. The number of amides is 2. The highest BCUT2D eigenvalue weighted by atomic mass is 16.5. The van der Waals surface area contributed by atoms with E-state index in [1.54, 1.807) is 0 Å². The molecule has 2 atom stereocenters. The Kier molecular flexibility index (Phi) is 9.58. The highest BCUT2D eigenvalue weighted by Crippen LogP contribution is 2.27. The Morgan fingerprint density at radius 2 is 1.62 bits per heavy atom. The Labute approximate surface area is 220 Å². The lowest BCUT2D eigenvalue weighted by Gasteiger charge is -2.32. The van der Waals surface area contributed by atoms with Crippen LogP contribution in [0.25, 0.3) is 0 Å². The van der Waals surface area contributed by atoms with Crippen LogP contribution in [0.15, 0.2) is 42.5 Å². The first-order chi connectivity index (χ1) is 17.9. The highest BCUT2D eigenvalue weighted by molar-refractivity contribution is 5.91. The van der Waals surface area contributed by atoms with Crippen LogP contribution in [0.3, 0.4) is 0 Å². The molecule has 0 aliphatic heterocycles. The maximum absolute atomic E-state index is 13.2. The summed E-state index contributed by atoms with van der Waals surface area (Å²) in [4.78, 5) is 26.8. The summed E-state index contributed by atoms with van der Waals surface area (Å²) in [6.45, 7) is 5.16. The topological polar surface area (TPSA) is 88.1 Å². The minimum atomic E-state index is -0.917. The first-order valence-corrected chi connectivity index (χ1v) is 13.6. The van der Waals surface area contributed by atoms with Crippen LogP contribution in [0.2, 0.25) is 0 Å². The van der Waals surface area contributed by atoms with Crippen LogP contribution >= 0.6 is 0 Å². The Bertz CT molecular complexity index is 1070. The van der Waals surface area contributed by atoms with Crippen molar-refractivity contribution in [3.63, 3.8) is 0 Å². The highest BCUT2D eigenvalue weighted by Gasteiger charge is 2.28. The van der Waals surface area contributed by atoms with Gasteiger partial charge in [0, 0.05) is 18.3 Å². The van der Waals surface area contributed by atoms with E-state index in [9.17, 15) is 14.7 Å². The number of urea groups is 1. The first kappa shape index (κ1) is 27.1. The van der Waals surface area contributed by atoms with Gasteiger partial charge in [0.1, 0.15) is 0 Å². The van der Waals surface area contributed by atoms with Gasteiger partial charge < -0.3 is 24.8 Å². The summed E-state index contributed by atoms with van der Waals surface area (Å²) in [5.41, 5.74) is 3.69. The van der Waals surface area contributed by atoms with Crippen LogP contribution in [0, 0.1) is 13.8 Å². The molecule has 4 rings (SSSR count). The number of carbonyl (C=O) groups is 2. The number of hydrogen-bond acceptors (Lipinski definition) is 4. The van der Waals surface area contributed by atoms with Gasteiger partial charge in [-0.2, -0.15) is 0 Å². The third kappa shape index (κ3) is 7.33. The number of para-hydroxylation sites is 1. The Morgan fingerprint density at radius 1 is 0.919 bits per heavy atom. The second kappa shape index (κ2) is 13.1. The number of rotatable bonds is 10. The summed E-state index contributed by atoms with van der Waals surface area (Å²) in [5.74, 6) is -0.917. The molecule has 2 N–H and O–H groups in total. The molecule has 0 spiro atoms. The van der Waals surface area contributed by atoms with E-state index in [1.165, 1.54) is 0 Å². The molecule has 0 saturated heterocycles. The van der Waals surface area contributed by atoms with Gasteiger partial charge in [-0.15, -0.1) is 0 Å². The maximum Gasteiger partial charge on any atom is 0.336 e.